The van der Waals surface area contributed by atoms with Crippen LogP contribution in [0.3, 0.4) is 0 Å². The zero-order valence-electron chi connectivity index (χ0n) is 7.46. The molecule has 1 aromatic rings. The van der Waals surface area contributed by atoms with Crippen molar-refractivity contribution in [2.45, 2.75) is 10.4 Å². The molecule has 1 unspecified atom stereocenters. The van der Waals surface area contributed by atoms with Crippen molar-refractivity contribution in [3.63, 3.8) is 0 Å². The zero-order valence-corrected chi connectivity index (χ0v) is 12.2. The van der Waals surface area contributed by atoms with Crippen molar-refractivity contribution in [1.29, 1.82) is 0 Å². The summed E-state index contributed by atoms with van der Waals surface area (Å²) in [5.41, 5.74) is 0.273. The summed E-state index contributed by atoms with van der Waals surface area (Å²) in [6, 6.07) is 9.88. The van der Waals surface area contributed by atoms with E-state index in [2.05, 4.69) is 47.8 Å². The predicted octanol–water partition coefficient (Wildman–Crippen LogP) is 3.64. The Bertz CT molecular complexity index is 272. The maximum Gasteiger partial charge on any atom is 0.100 e. The molecule has 1 nitrogen and oxygen atoms in total. The Kier molecular flexibility index (Phi) is 5.11. The first-order valence-corrected chi connectivity index (χ1v) is 7.33. The highest BCUT2D eigenvalue weighted by Crippen LogP contribution is 2.36. The van der Waals surface area contributed by atoms with E-state index in [0.29, 0.717) is 10.7 Å². The average Bonchev–Trinajstić information content (AvgIpc) is 2.28. The second-order valence-corrected chi connectivity index (χ2v) is 5.18. The third-order valence-electron chi connectivity index (χ3n) is 2.03. The van der Waals surface area contributed by atoms with Crippen molar-refractivity contribution in [2.75, 3.05) is 10.7 Å². The summed E-state index contributed by atoms with van der Waals surface area (Å²) in [7, 11) is 0. The van der Waals surface area contributed by atoms with Crippen molar-refractivity contribution in [3.8, 4) is 0 Å². The van der Waals surface area contributed by atoms with E-state index in [1.807, 2.05) is 30.3 Å². The molecule has 0 spiro atoms. The van der Waals surface area contributed by atoms with Gasteiger partial charge < -0.3 is 5.11 Å². The van der Waals surface area contributed by atoms with Crippen LogP contribution < -0.4 is 0 Å². The molecule has 0 amide bonds. The van der Waals surface area contributed by atoms with Crippen molar-refractivity contribution >= 4 is 47.8 Å². The van der Waals surface area contributed by atoms with E-state index >= 15 is 0 Å². The molecule has 0 heterocycles. The summed E-state index contributed by atoms with van der Waals surface area (Å²) in [5, 5.41) is 11.3. The van der Waals surface area contributed by atoms with Gasteiger partial charge in [-0.15, -0.1) is 0 Å². The molecule has 0 aliphatic rings. The second kappa shape index (κ2) is 5.64. The molecule has 0 aliphatic heterocycles. The molecule has 0 aliphatic carbocycles. The standard InChI is InChI=1S/C10H11Br3O/c11-6-10(14,7-12)9(13)8-4-2-1-3-5-8/h1-5,9,14H,6-7H2. The first kappa shape index (κ1) is 12.7. The van der Waals surface area contributed by atoms with E-state index < -0.39 is 5.60 Å². The Morgan fingerprint density at radius 1 is 1.14 bits per heavy atom. The second-order valence-electron chi connectivity index (χ2n) is 3.14. The van der Waals surface area contributed by atoms with Gasteiger partial charge in [0.05, 0.1) is 4.83 Å². The molecule has 1 aromatic carbocycles. The van der Waals surface area contributed by atoms with Gasteiger partial charge in [-0.05, 0) is 5.56 Å². The summed E-state index contributed by atoms with van der Waals surface area (Å²) in [4.78, 5) is -0.0741. The molecule has 1 N–H and O–H groups in total. The summed E-state index contributed by atoms with van der Waals surface area (Å²) >= 11 is 10.2. The van der Waals surface area contributed by atoms with Crippen LogP contribution in [0.4, 0.5) is 0 Å². The number of aliphatic hydroxyl groups is 1. The number of hydrogen-bond acceptors (Lipinski definition) is 1. The lowest BCUT2D eigenvalue weighted by molar-refractivity contribution is 0.0925. The topological polar surface area (TPSA) is 20.2 Å². The van der Waals surface area contributed by atoms with Gasteiger partial charge >= 0.3 is 0 Å². The fourth-order valence-corrected chi connectivity index (χ4v) is 4.18. The van der Waals surface area contributed by atoms with Crippen LogP contribution in [0.5, 0.6) is 0 Å². The van der Waals surface area contributed by atoms with E-state index in [0.717, 1.165) is 5.56 Å². The maximum absolute atomic E-state index is 10.2. The smallest absolute Gasteiger partial charge is 0.100 e. The lowest BCUT2D eigenvalue weighted by Gasteiger charge is -2.29. The van der Waals surface area contributed by atoms with Crippen LogP contribution in [0, 0.1) is 0 Å². The van der Waals surface area contributed by atoms with Crippen molar-refractivity contribution in [1.82, 2.24) is 0 Å². The summed E-state index contributed by atoms with van der Waals surface area (Å²) in [6.45, 7) is 0. The molecule has 0 saturated carbocycles. The average molecular weight is 387 g/mol. The van der Waals surface area contributed by atoms with Gasteiger partial charge in [-0.3, -0.25) is 0 Å². The molecule has 1 rings (SSSR count). The predicted molar refractivity (Wildman–Crippen MR) is 70.6 cm³/mol. The Labute approximate surface area is 109 Å². The molecule has 4 heteroatoms. The first-order valence-electron chi connectivity index (χ1n) is 4.17. The Morgan fingerprint density at radius 2 is 1.64 bits per heavy atom. The highest BCUT2D eigenvalue weighted by molar-refractivity contribution is 9.10. The highest BCUT2D eigenvalue weighted by Gasteiger charge is 2.33. The largest absolute Gasteiger partial charge is 0.387 e. The fraction of sp³-hybridized carbons (Fsp3) is 0.400. The number of halogens is 3. The van der Waals surface area contributed by atoms with Crippen LogP contribution >= 0.6 is 47.8 Å². The number of benzene rings is 1. The molecule has 1 atom stereocenters. The fourth-order valence-electron chi connectivity index (χ4n) is 1.10. The lowest BCUT2D eigenvalue weighted by atomic mass is 9.98. The van der Waals surface area contributed by atoms with Crippen LogP contribution in [0.15, 0.2) is 30.3 Å². The molecular weight excluding hydrogens is 376 g/mol. The number of rotatable bonds is 4. The van der Waals surface area contributed by atoms with Gasteiger partial charge in [0.25, 0.3) is 0 Å². The monoisotopic (exact) mass is 384 g/mol. The van der Waals surface area contributed by atoms with Gasteiger partial charge in [0.1, 0.15) is 5.60 Å². The van der Waals surface area contributed by atoms with Crippen LogP contribution in [-0.2, 0) is 0 Å². The first-order chi connectivity index (χ1) is 6.64. The minimum Gasteiger partial charge on any atom is -0.387 e. The van der Waals surface area contributed by atoms with Gasteiger partial charge in [-0.1, -0.05) is 78.1 Å². The normalized spacial score (nSPS) is 14.0. The molecule has 0 aromatic heterocycles. The van der Waals surface area contributed by atoms with Crippen LogP contribution in [-0.4, -0.2) is 21.4 Å². The quantitative estimate of drug-likeness (QED) is 0.783. The zero-order chi connectivity index (χ0) is 10.6. The molecule has 0 fully saturated rings. The van der Waals surface area contributed by atoms with Crippen LogP contribution in [0.25, 0.3) is 0 Å². The molecule has 78 valence electrons. The third kappa shape index (κ3) is 2.81. The number of alkyl halides is 3. The molecular formula is C10H11Br3O. The molecule has 14 heavy (non-hydrogen) atoms. The minimum atomic E-state index is -0.804. The van der Waals surface area contributed by atoms with Gasteiger partial charge in [0.2, 0.25) is 0 Å². The van der Waals surface area contributed by atoms with E-state index in [4.69, 9.17) is 0 Å². The van der Waals surface area contributed by atoms with E-state index in [1.54, 1.807) is 0 Å². The molecule has 0 saturated heterocycles. The summed E-state index contributed by atoms with van der Waals surface area (Å²) in [5.74, 6) is 0. The van der Waals surface area contributed by atoms with E-state index in [1.165, 1.54) is 0 Å². The van der Waals surface area contributed by atoms with Gasteiger partial charge in [-0.2, -0.15) is 0 Å². The van der Waals surface area contributed by atoms with Crippen molar-refractivity contribution in [3.05, 3.63) is 35.9 Å². The molecule has 0 radical (unpaired) electrons. The maximum atomic E-state index is 10.2. The summed E-state index contributed by atoms with van der Waals surface area (Å²) in [6.07, 6.45) is 0. The van der Waals surface area contributed by atoms with Crippen LogP contribution in [0.2, 0.25) is 0 Å². The van der Waals surface area contributed by atoms with E-state index in [9.17, 15) is 5.11 Å². The van der Waals surface area contributed by atoms with Gasteiger partial charge in [-0.25, -0.2) is 0 Å². The highest BCUT2D eigenvalue weighted by atomic mass is 79.9. The van der Waals surface area contributed by atoms with Crippen molar-refractivity contribution < 1.29 is 5.11 Å². The SMILES string of the molecule is OC(CBr)(CBr)C(Br)c1ccccc1. The van der Waals surface area contributed by atoms with Gasteiger partial charge in [0.15, 0.2) is 0 Å². The van der Waals surface area contributed by atoms with Crippen molar-refractivity contribution in [2.24, 2.45) is 0 Å². The Morgan fingerprint density at radius 3 is 2.07 bits per heavy atom. The Hall–Kier alpha value is 0.620. The molecule has 0 bridgehead atoms. The minimum absolute atomic E-state index is 0.0741. The number of hydrogen-bond donors (Lipinski definition) is 1. The van der Waals surface area contributed by atoms with Crippen LogP contribution in [0.1, 0.15) is 10.4 Å². The van der Waals surface area contributed by atoms with Gasteiger partial charge in [0, 0.05) is 10.7 Å². The van der Waals surface area contributed by atoms with E-state index in [-0.39, 0.29) is 4.83 Å². The third-order valence-corrected chi connectivity index (χ3v) is 5.35. The summed E-state index contributed by atoms with van der Waals surface area (Å²) < 4.78 is 0. The lowest BCUT2D eigenvalue weighted by Crippen LogP contribution is -2.37. The Balaban J connectivity index is 2.89.